The van der Waals surface area contributed by atoms with Gasteiger partial charge in [-0.3, -0.25) is 9.69 Å². The smallest absolute Gasteiger partial charge is 0.233 e. The van der Waals surface area contributed by atoms with Crippen molar-refractivity contribution in [2.75, 3.05) is 19.6 Å². The Balaban J connectivity index is 1.73. The first-order chi connectivity index (χ1) is 10.2. The second-order valence-electron chi connectivity index (χ2n) is 5.90. The predicted octanol–water partition coefficient (Wildman–Crippen LogP) is 2.52. The SMILES string of the molecule is CC(CNC(=O)C(S)Cc1ccccc1)N1CCCCC1. The zero-order valence-corrected chi connectivity index (χ0v) is 13.7. The molecule has 2 unspecified atom stereocenters. The molecular weight excluding hydrogens is 280 g/mol. The van der Waals surface area contributed by atoms with Crippen molar-refractivity contribution in [3.05, 3.63) is 35.9 Å². The van der Waals surface area contributed by atoms with E-state index in [2.05, 4.69) is 29.8 Å². The van der Waals surface area contributed by atoms with E-state index < -0.39 is 0 Å². The van der Waals surface area contributed by atoms with Crippen LogP contribution in [0.25, 0.3) is 0 Å². The van der Waals surface area contributed by atoms with Gasteiger partial charge in [0.25, 0.3) is 0 Å². The number of hydrogen-bond acceptors (Lipinski definition) is 3. The third kappa shape index (κ3) is 5.36. The summed E-state index contributed by atoms with van der Waals surface area (Å²) < 4.78 is 0. The van der Waals surface area contributed by atoms with Crippen molar-refractivity contribution >= 4 is 18.5 Å². The number of likely N-dealkylation sites (tertiary alicyclic amines) is 1. The molecular formula is C17H26N2OS. The maximum absolute atomic E-state index is 12.1. The van der Waals surface area contributed by atoms with Crippen LogP contribution < -0.4 is 5.32 Å². The highest BCUT2D eigenvalue weighted by molar-refractivity contribution is 7.81. The van der Waals surface area contributed by atoms with Gasteiger partial charge in [-0.25, -0.2) is 0 Å². The van der Waals surface area contributed by atoms with Gasteiger partial charge < -0.3 is 5.32 Å². The number of piperidine rings is 1. The maximum atomic E-state index is 12.1. The number of hydrogen-bond donors (Lipinski definition) is 2. The Morgan fingerprint density at radius 3 is 2.57 bits per heavy atom. The first-order valence-electron chi connectivity index (χ1n) is 7.90. The summed E-state index contributed by atoms with van der Waals surface area (Å²) in [5.74, 6) is 0.0334. The van der Waals surface area contributed by atoms with Gasteiger partial charge >= 0.3 is 0 Å². The van der Waals surface area contributed by atoms with Crippen LogP contribution in [0.3, 0.4) is 0 Å². The zero-order chi connectivity index (χ0) is 15.1. The van der Waals surface area contributed by atoms with E-state index in [0.29, 0.717) is 19.0 Å². The van der Waals surface area contributed by atoms with Crippen LogP contribution in [0.1, 0.15) is 31.7 Å². The molecule has 1 aliphatic rings. The van der Waals surface area contributed by atoms with Crippen LogP contribution in [-0.2, 0) is 11.2 Å². The van der Waals surface area contributed by atoms with E-state index >= 15 is 0 Å². The molecule has 1 aliphatic heterocycles. The molecule has 3 nitrogen and oxygen atoms in total. The number of nitrogens with zero attached hydrogens (tertiary/aromatic N) is 1. The Morgan fingerprint density at radius 2 is 1.90 bits per heavy atom. The van der Waals surface area contributed by atoms with Gasteiger partial charge in [-0.15, -0.1) is 0 Å². The Bertz CT molecular complexity index is 432. The standard InChI is InChI=1S/C17H26N2OS/c1-14(19-10-6-3-7-11-19)13-18-17(20)16(21)12-15-8-4-2-5-9-15/h2,4-5,8-9,14,16,21H,3,6-7,10-13H2,1H3,(H,18,20). The lowest BCUT2D eigenvalue weighted by Crippen LogP contribution is -2.46. The number of amides is 1. The predicted molar refractivity (Wildman–Crippen MR) is 90.8 cm³/mol. The third-order valence-corrected chi connectivity index (χ3v) is 4.58. The van der Waals surface area contributed by atoms with Gasteiger partial charge in [-0.2, -0.15) is 12.6 Å². The van der Waals surface area contributed by atoms with E-state index in [4.69, 9.17) is 0 Å². The molecule has 0 saturated carbocycles. The lowest BCUT2D eigenvalue weighted by Gasteiger charge is -2.32. The van der Waals surface area contributed by atoms with Crippen LogP contribution in [0.4, 0.5) is 0 Å². The first-order valence-corrected chi connectivity index (χ1v) is 8.42. The molecule has 0 radical (unpaired) electrons. The van der Waals surface area contributed by atoms with Crippen LogP contribution in [0.2, 0.25) is 0 Å². The Morgan fingerprint density at radius 1 is 1.24 bits per heavy atom. The molecule has 1 saturated heterocycles. The molecule has 1 amide bonds. The van der Waals surface area contributed by atoms with Crippen LogP contribution in [0.15, 0.2) is 30.3 Å². The van der Waals surface area contributed by atoms with E-state index in [9.17, 15) is 4.79 Å². The quantitative estimate of drug-likeness (QED) is 0.792. The zero-order valence-electron chi connectivity index (χ0n) is 12.8. The van der Waals surface area contributed by atoms with E-state index in [1.54, 1.807) is 0 Å². The van der Waals surface area contributed by atoms with Gasteiger partial charge in [0.2, 0.25) is 5.91 Å². The summed E-state index contributed by atoms with van der Waals surface area (Å²) in [5.41, 5.74) is 1.15. The van der Waals surface area contributed by atoms with Crippen molar-refractivity contribution in [1.29, 1.82) is 0 Å². The molecule has 0 spiro atoms. The summed E-state index contributed by atoms with van der Waals surface area (Å²) in [7, 11) is 0. The highest BCUT2D eigenvalue weighted by Crippen LogP contribution is 2.12. The van der Waals surface area contributed by atoms with Gasteiger partial charge in [0.15, 0.2) is 0 Å². The van der Waals surface area contributed by atoms with Crippen LogP contribution in [0.5, 0.6) is 0 Å². The molecule has 21 heavy (non-hydrogen) atoms. The number of rotatable bonds is 6. The Kier molecular flexibility index (Phi) is 6.58. The van der Waals surface area contributed by atoms with Gasteiger partial charge in [0.1, 0.15) is 0 Å². The summed E-state index contributed by atoms with van der Waals surface area (Å²) in [6.45, 7) is 5.22. The summed E-state index contributed by atoms with van der Waals surface area (Å²) in [6.07, 6.45) is 4.57. The first kappa shape index (κ1) is 16.4. The van der Waals surface area contributed by atoms with Gasteiger partial charge in [-0.05, 0) is 44.8 Å². The fourth-order valence-electron chi connectivity index (χ4n) is 2.78. The van der Waals surface area contributed by atoms with E-state index in [1.807, 2.05) is 30.3 Å². The lowest BCUT2D eigenvalue weighted by molar-refractivity contribution is -0.120. The topological polar surface area (TPSA) is 32.3 Å². The molecule has 2 rings (SSSR count). The summed E-state index contributed by atoms with van der Waals surface area (Å²) in [6, 6.07) is 10.4. The summed E-state index contributed by atoms with van der Waals surface area (Å²) in [4.78, 5) is 14.6. The van der Waals surface area contributed by atoms with Crippen LogP contribution in [0, 0.1) is 0 Å². The number of thiol groups is 1. The number of benzene rings is 1. The van der Waals surface area contributed by atoms with E-state index in [0.717, 1.165) is 18.7 Å². The lowest BCUT2D eigenvalue weighted by atomic mass is 10.1. The molecule has 1 aromatic carbocycles. The highest BCUT2D eigenvalue weighted by atomic mass is 32.1. The number of nitrogens with one attached hydrogen (secondary N) is 1. The van der Waals surface area contributed by atoms with Gasteiger partial charge in [0, 0.05) is 12.6 Å². The van der Waals surface area contributed by atoms with Crippen molar-refractivity contribution in [2.45, 2.75) is 43.9 Å². The normalized spacial score (nSPS) is 19.0. The second-order valence-corrected chi connectivity index (χ2v) is 6.52. The molecule has 1 fully saturated rings. The minimum Gasteiger partial charge on any atom is -0.354 e. The number of carbonyl (C=O) groups excluding carboxylic acids is 1. The molecule has 4 heteroatoms. The highest BCUT2D eigenvalue weighted by Gasteiger charge is 2.19. The maximum Gasteiger partial charge on any atom is 0.233 e. The molecule has 2 atom stereocenters. The van der Waals surface area contributed by atoms with Crippen LogP contribution >= 0.6 is 12.6 Å². The molecule has 1 heterocycles. The Hall–Kier alpha value is -1.00. The molecule has 116 valence electrons. The van der Waals surface area contributed by atoms with Crippen LogP contribution in [-0.4, -0.2) is 41.7 Å². The Labute approximate surface area is 133 Å². The van der Waals surface area contributed by atoms with Gasteiger partial charge in [-0.1, -0.05) is 36.8 Å². The van der Waals surface area contributed by atoms with Crippen molar-refractivity contribution in [3.63, 3.8) is 0 Å². The van der Waals surface area contributed by atoms with Crippen molar-refractivity contribution in [1.82, 2.24) is 10.2 Å². The van der Waals surface area contributed by atoms with E-state index in [1.165, 1.54) is 19.3 Å². The van der Waals surface area contributed by atoms with Crippen molar-refractivity contribution < 1.29 is 4.79 Å². The molecule has 1 aromatic rings. The average Bonchev–Trinajstić information content (AvgIpc) is 2.54. The fourth-order valence-corrected chi connectivity index (χ4v) is 3.09. The summed E-state index contributed by atoms with van der Waals surface area (Å²) in [5, 5.41) is 2.77. The van der Waals surface area contributed by atoms with Gasteiger partial charge in [0.05, 0.1) is 5.25 Å². The molecule has 0 aliphatic carbocycles. The fraction of sp³-hybridized carbons (Fsp3) is 0.588. The number of carbonyl (C=O) groups is 1. The molecule has 0 bridgehead atoms. The van der Waals surface area contributed by atoms with Crippen molar-refractivity contribution in [3.8, 4) is 0 Å². The summed E-state index contributed by atoms with van der Waals surface area (Å²) >= 11 is 4.44. The minimum atomic E-state index is -0.277. The molecule has 1 N–H and O–H groups in total. The largest absolute Gasteiger partial charge is 0.354 e. The average molecular weight is 306 g/mol. The monoisotopic (exact) mass is 306 g/mol. The van der Waals surface area contributed by atoms with Crippen molar-refractivity contribution in [2.24, 2.45) is 0 Å². The second kappa shape index (κ2) is 8.44. The molecule has 0 aromatic heterocycles. The van der Waals surface area contributed by atoms with E-state index in [-0.39, 0.29) is 11.2 Å². The third-order valence-electron chi connectivity index (χ3n) is 4.16. The minimum absolute atomic E-state index is 0.0334.